The van der Waals surface area contributed by atoms with Gasteiger partial charge in [-0.05, 0) is 18.2 Å². The fourth-order valence-electron chi connectivity index (χ4n) is 1.03. The van der Waals surface area contributed by atoms with Crippen molar-refractivity contribution in [2.75, 3.05) is 7.11 Å². The number of hydrogen-bond acceptors (Lipinski definition) is 2. The zero-order valence-electron chi connectivity index (χ0n) is 7.68. The fourth-order valence-corrected chi connectivity index (χ4v) is 1.39. The van der Waals surface area contributed by atoms with Gasteiger partial charge in [0.1, 0.15) is 17.7 Å². The van der Waals surface area contributed by atoms with Crippen LogP contribution in [0.2, 0.25) is 0 Å². The van der Waals surface area contributed by atoms with Crippen LogP contribution >= 0.6 is 34.8 Å². The molecule has 1 aromatic rings. The molecule has 0 spiro atoms. The second-order valence-corrected chi connectivity index (χ2v) is 5.20. The summed E-state index contributed by atoms with van der Waals surface area (Å²) in [5.74, 6) is -0.283. The molecule has 0 heterocycles. The first-order valence-electron chi connectivity index (χ1n) is 3.94. The summed E-state index contributed by atoms with van der Waals surface area (Å²) in [5, 5.41) is 9.57. The molecule has 0 aliphatic carbocycles. The molecular formula is C9H8Cl3FO2. The molecule has 6 heteroatoms. The maximum Gasteiger partial charge on any atom is 0.220 e. The number of rotatable bonds is 2. The van der Waals surface area contributed by atoms with E-state index in [1.54, 1.807) is 0 Å². The van der Waals surface area contributed by atoms with Crippen LogP contribution in [0.4, 0.5) is 4.39 Å². The van der Waals surface area contributed by atoms with Gasteiger partial charge in [-0.2, -0.15) is 0 Å². The van der Waals surface area contributed by atoms with Crippen LogP contribution in [-0.2, 0) is 0 Å². The Morgan fingerprint density at radius 1 is 1.40 bits per heavy atom. The molecule has 0 aromatic heterocycles. The molecule has 0 fully saturated rings. The molecule has 0 amide bonds. The van der Waals surface area contributed by atoms with Crippen molar-refractivity contribution in [1.82, 2.24) is 0 Å². The topological polar surface area (TPSA) is 29.5 Å². The minimum absolute atomic E-state index is 0.116. The highest BCUT2D eigenvalue weighted by Crippen LogP contribution is 2.41. The fraction of sp³-hybridized carbons (Fsp3) is 0.333. The third-order valence-electron chi connectivity index (χ3n) is 1.81. The molecule has 0 aliphatic heterocycles. The SMILES string of the molecule is COc1ccc(F)c(C(O)C(Cl)(Cl)Cl)c1. The lowest BCUT2D eigenvalue weighted by Crippen LogP contribution is -2.17. The van der Waals surface area contributed by atoms with E-state index in [-0.39, 0.29) is 5.56 Å². The number of methoxy groups -OCH3 is 1. The highest BCUT2D eigenvalue weighted by molar-refractivity contribution is 6.68. The Labute approximate surface area is 102 Å². The molecule has 0 bridgehead atoms. The normalized spacial score (nSPS) is 13.7. The summed E-state index contributed by atoms with van der Waals surface area (Å²) < 4.78 is 16.2. The highest BCUT2D eigenvalue weighted by Gasteiger charge is 2.34. The second kappa shape index (κ2) is 4.74. The van der Waals surface area contributed by atoms with Gasteiger partial charge in [-0.15, -0.1) is 0 Å². The number of benzene rings is 1. The van der Waals surface area contributed by atoms with Gasteiger partial charge in [0.15, 0.2) is 0 Å². The van der Waals surface area contributed by atoms with Crippen LogP contribution < -0.4 is 4.74 Å². The molecule has 1 unspecified atom stereocenters. The predicted molar refractivity (Wildman–Crippen MR) is 58.2 cm³/mol. The van der Waals surface area contributed by atoms with Crippen molar-refractivity contribution in [2.24, 2.45) is 0 Å². The second-order valence-electron chi connectivity index (χ2n) is 2.83. The van der Waals surface area contributed by atoms with E-state index in [2.05, 4.69) is 0 Å². The standard InChI is InChI=1S/C9H8Cl3FO2/c1-15-5-2-3-7(13)6(4-5)8(14)9(10,11)12/h2-4,8,14H,1H3. The van der Waals surface area contributed by atoms with E-state index >= 15 is 0 Å². The Morgan fingerprint density at radius 3 is 2.47 bits per heavy atom. The monoisotopic (exact) mass is 272 g/mol. The molecule has 0 radical (unpaired) electrons. The van der Waals surface area contributed by atoms with Gasteiger partial charge in [-0.25, -0.2) is 4.39 Å². The van der Waals surface area contributed by atoms with Crippen molar-refractivity contribution in [3.8, 4) is 5.75 Å². The van der Waals surface area contributed by atoms with E-state index < -0.39 is 15.7 Å². The summed E-state index contributed by atoms with van der Waals surface area (Å²) in [5.41, 5.74) is -0.116. The average molecular weight is 274 g/mol. The zero-order valence-corrected chi connectivity index (χ0v) is 9.94. The van der Waals surface area contributed by atoms with E-state index in [0.717, 1.165) is 6.07 Å². The number of aliphatic hydroxyl groups excluding tert-OH is 1. The predicted octanol–water partition coefficient (Wildman–Crippen LogP) is 3.24. The van der Waals surface area contributed by atoms with Crippen molar-refractivity contribution < 1.29 is 14.2 Å². The van der Waals surface area contributed by atoms with Gasteiger partial charge >= 0.3 is 0 Å². The van der Waals surface area contributed by atoms with Gasteiger partial charge in [-0.3, -0.25) is 0 Å². The van der Waals surface area contributed by atoms with Gasteiger partial charge in [0.25, 0.3) is 0 Å². The molecule has 0 saturated carbocycles. The van der Waals surface area contributed by atoms with E-state index in [1.807, 2.05) is 0 Å². The van der Waals surface area contributed by atoms with Crippen LogP contribution in [0.3, 0.4) is 0 Å². The first-order chi connectivity index (χ1) is 6.86. The van der Waals surface area contributed by atoms with Gasteiger partial charge in [-0.1, -0.05) is 34.8 Å². The maximum atomic E-state index is 13.3. The molecule has 1 atom stereocenters. The molecule has 1 rings (SSSR count). The maximum absolute atomic E-state index is 13.3. The Hall–Kier alpha value is -0.220. The number of halogens is 4. The molecule has 84 valence electrons. The van der Waals surface area contributed by atoms with Crippen LogP contribution in [0.5, 0.6) is 5.75 Å². The van der Waals surface area contributed by atoms with Crippen molar-refractivity contribution in [2.45, 2.75) is 9.90 Å². The van der Waals surface area contributed by atoms with Crippen LogP contribution in [-0.4, -0.2) is 16.0 Å². The molecule has 1 N–H and O–H groups in total. The summed E-state index contributed by atoms with van der Waals surface area (Å²) in [6.45, 7) is 0. The molecule has 15 heavy (non-hydrogen) atoms. The Kier molecular flexibility index (Phi) is 4.06. The lowest BCUT2D eigenvalue weighted by atomic mass is 10.1. The van der Waals surface area contributed by atoms with Crippen LogP contribution in [0.1, 0.15) is 11.7 Å². The smallest absolute Gasteiger partial charge is 0.220 e. The van der Waals surface area contributed by atoms with E-state index in [9.17, 15) is 9.50 Å². The minimum atomic E-state index is -1.98. The van der Waals surface area contributed by atoms with E-state index in [4.69, 9.17) is 39.5 Å². The van der Waals surface area contributed by atoms with Crippen LogP contribution in [0, 0.1) is 5.82 Å². The highest BCUT2D eigenvalue weighted by atomic mass is 35.6. The van der Waals surface area contributed by atoms with Crippen molar-refractivity contribution in [3.63, 3.8) is 0 Å². The van der Waals surface area contributed by atoms with Crippen molar-refractivity contribution >= 4 is 34.8 Å². The van der Waals surface area contributed by atoms with Gasteiger partial charge in [0.2, 0.25) is 3.79 Å². The first kappa shape index (κ1) is 12.8. The van der Waals surface area contributed by atoms with Gasteiger partial charge < -0.3 is 9.84 Å². The lowest BCUT2D eigenvalue weighted by molar-refractivity contribution is 0.177. The first-order valence-corrected chi connectivity index (χ1v) is 5.08. The molecular weight excluding hydrogens is 265 g/mol. The van der Waals surface area contributed by atoms with E-state index in [1.165, 1.54) is 19.2 Å². The molecule has 1 aromatic carbocycles. The Morgan fingerprint density at radius 2 is 2.00 bits per heavy atom. The molecule has 2 nitrogen and oxygen atoms in total. The summed E-state index contributed by atoms with van der Waals surface area (Å²) in [4.78, 5) is 0. The van der Waals surface area contributed by atoms with Crippen molar-refractivity contribution in [3.05, 3.63) is 29.6 Å². The van der Waals surface area contributed by atoms with Crippen LogP contribution in [0.25, 0.3) is 0 Å². The third-order valence-corrected chi connectivity index (χ3v) is 2.43. The Bertz CT molecular complexity index is 352. The largest absolute Gasteiger partial charge is 0.497 e. The number of alkyl halides is 3. The van der Waals surface area contributed by atoms with Gasteiger partial charge in [0.05, 0.1) is 7.11 Å². The van der Waals surface area contributed by atoms with Crippen molar-refractivity contribution in [1.29, 1.82) is 0 Å². The summed E-state index contributed by atoms with van der Waals surface area (Å²) in [6, 6.07) is 3.82. The summed E-state index contributed by atoms with van der Waals surface area (Å²) >= 11 is 16.4. The summed E-state index contributed by atoms with van der Waals surface area (Å²) in [7, 11) is 1.42. The average Bonchev–Trinajstić information content (AvgIpc) is 2.16. The minimum Gasteiger partial charge on any atom is -0.497 e. The third kappa shape index (κ3) is 3.11. The van der Waals surface area contributed by atoms with Crippen LogP contribution in [0.15, 0.2) is 18.2 Å². The summed E-state index contributed by atoms with van der Waals surface area (Å²) in [6.07, 6.45) is -1.54. The zero-order chi connectivity index (χ0) is 11.6. The number of hydrogen-bond donors (Lipinski definition) is 1. The Balaban J connectivity index is 3.12. The van der Waals surface area contributed by atoms with E-state index in [0.29, 0.717) is 5.75 Å². The molecule has 0 saturated heterocycles. The number of aliphatic hydroxyl groups is 1. The van der Waals surface area contributed by atoms with Gasteiger partial charge in [0, 0.05) is 5.56 Å². The lowest BCUT2D eigenvalue weighted by Gasteiger charge is -2.20. The number of ether oxygens (including phenoxy) is 1. The molecule has 0 aliphatic rings. The quantitative estimate of drug-likeness (QED) is 0.838.